The molecule has 0 aliphatic rings. The van der Waals surface area contributed by atoms with E-state index in [0.717, 1.165) is 38.7 Å². The molecule has 11 heteroatoms. The number of amides is 1. The summed E-state index contributed by atoms with van der Waals surface area (Å²) in [6.07, 6.45) is -4.69. The highest BCUT2D eigenvalue weighted by Gasteiger charge is 2.33. The molecule has 2 aromatic heterocycles. The Hall–Kier alpha value is -3.73. The molecule has 0 spiro atoms. The molecule has 0 unspecified atom stereocenters. The van der Waals surface area contributed by atoms with Crippen LogP contribution in [0.4, 0.5) is 23.2 Å². The number of carbonyl (C=O) groups is 1. The Labute approximate surface area is 187 Å². The van der Waals surface area contributed by atoms with Crippen LogP contribution >= 0.6 is 11.3 Å². The predicted octanol–water partition coefficient (Wildman–Crippen LogP) is 4.32. The van der Waals surface area contributed by atoms with Crippen LogP contribution in [0.2, 0.25) is 0 Å². The standard InChI is InChI=1S/C22H15F4N3O3S/c1-12-10-13(6-7-15(12)23)29-20(31)19-17(8-9-33-19)28(21(29)32)11-18(30)27-16-5-3-2-4-14(16)22(24,25)26/h2-10H,11H2,1H3,(H,27,30). The number of aryl methyl sites for hydroxylation is 1. The Kier molecular flexibility index (Phi) is 5.66. The van der Waals surface area contributed by atoms with Gasteiger partial charge in [-0.1, -0.05) is 12.1 Å². The van der Waals surface area contributed by atoms with E-state index in [9.17, 15) is 31.9 Å². The summed E-state index contributed by atoms with van der Waals surface area (Å²) < 4.78 is 55.4. The minimum Gasteiger partial charge on any atom is -0.324 e. The number of benzene rings is 2. The Bertz CT molecular complexity index is 1500. The molecular formula is C22H15F4N3O3S. The maximum atomic E-state index is 13.7. The molecule has 0 atom stereocenters. The molecular weight excluding hydrogens is 462 g/mol. The van der Waals surface area contributed by atoms with Crippen LogP contribution in [0.1, 0.15) is 11.1 Å². The molecule has 0 saturated carbocycles. The molecule has 0 aliphatic heterocycles. The number of carbonyl (C=O) groups excluding carboxylic acids is 1. The molecule has 4 rings (SSSR count). The fraction of sp³-hybridized carbons (Fsp3) is 0.136. The van der Waals surface area contributed by atoms with Gasteiger partial charge in [0.15, 0.2) is 0 Å². The molecule has 0 radical (unpaired) electrons. The van der Waals surface area contributed by atoms with E-state index < -0.39 is 46.9 Å². The van der Waals surface area contributed by atoms with Gasteiger partial charge in [0.05, 0.1) is 22.5 Å². The molecule has 2 heterocycles. The van der Waals surface area contributed by atoms with Crippen molar-refractivity contribution < 1.29 is 22.4 Å². The van der Waals surface area contributed by atoms with Crippen LogP contribution in [-0.4, -0.2) is 15.0 Å². The summed E-state index contributed by atoms with van der Waals surface area (Å²) in [6, 6.07) is 9.63. The zero-order valence-electron chi connectivity index (χ0n) is 16.9. The normalized spacial score (nSPS) is 11.7. The van der Waals surface area contributed by atoms with Crippen molar-refractivity contribution in [1.82, 2.24) is 9.13 Å². The van der Waals surface area contributed by atoms with Gasteiger partial charge >= 0.3 is 11.9 Å². The Morgan fingerprint density at radius 3 is 2.52 bits per heavy atom. The van der Waals surface area contributed by atoms with Gasteiger partial charge < -0.3 is 5.32 Å². The number of aromatic nitrogens is 2. The Balaban J connectivity index is 1.79. The highest BCUT2D eigenvalue weighted by molar-refractivity contribution is 7.17. The van der Waals surface area contributed by atoms with Crippen molar-refractivity contribution in [3.05, 3.63) is 91.7 Å². The molecule has 6 nitrogen and oxygen atoms in total. The van der Waals surface area contributed by atoms with Gasteiger partial charge in [0.25, 0.3) is 5.56 Å². The predicted molar refractivity (Wildman–Crippen MR) is 116 cm³/mol. The van der Waals surface area contributed by atoms with Gasteiger partial charge in [-0.3, -0.25) is 14.2 Å². The number of hydrogen-bond donors (Lipinski definition) is 1. The number of thiophene rings is 1. The lowest BCUT2D eigenvalue weighted by Gasteiger charge is -2.15. The second kappa shape index (κ2) is 8.32. The smallest absolute Gasteiger partial charge is 0.324 e. The molecule has 1 amide bonds. The third-order valence-electron chi connectivity index (χ3n) is 4.96. The van der Waals surface area contributed by atoms with Crippen LogP contribution in [0.5, 0.6) is 0 Å². The van der Waals surface area contributed by atoms with Gasteiger partial charge in [0.2, 0.25) is 5.91 Å². The van der Waals surface area contributed by atoms with E-state index in [2.05, 4.69) is 5.32 Å². The lowest BCUT2D eigenvalue weighted by molar-refractivity contribution is -0.137. The van der Waals surface area contributed by atoms with Crippen molar-refractivity contribution in [3.8, 4) is 5.69 Å². The molecule has 0 aliphatic carbocycles. The number of nitrogens with one attached hydrogen (secondary N) is 1. The first kappa shape index (κ1) is 22.5. The van der Waals surface area contributed by atoms with Crippen LogP contribution < -0.4 is 16.6 Å². The van der Waals surface area contributed by atoms with Crippen molar-refractivity contribution >= 4 is 33.1 Å². The number of anilines is 1. The van der Waals surface area contributed by atoms with E-state index in [1.165, 1.54) is 37.3 Å². The lowest BCUT2D eigenvalue weighted by atomic mass is 10.1. The van der Waals surface area contributed by atoms with E-state index >= 15 is 0 Å². The summed E-state index contributed by atoms with van der Waals surface area (Å²) in [6.45, 7) is 0.830. The second-order valence-electron chi connectivity index (χ2n) is 7.17. The highest BCUT2D eigenvalue weighted by Crippen LogP contribution is 2.34. The molecule has 0 fully saturated rings. The summed E-state index contributed by atoms with van der Waals surface area (Å²) in [5.74, 6) is -1.41. The average Bonchev–Trinajstić information content (AvgIpc) is 3.23. The fourth-order valence-electron chi connectivity index (χ4n) is 3.41. The molecule has 1 N–H and O–H groups in total. The Morgan fingerprint density at radius 1 is 1.09 bits per heavy atom. The van der Waals surface area contributed by atoms with Crippen molar-refractivity contribution in [2.45, 2.75) is 19.6 Å². The topological polar surface area (TPSA) is 73.1 Å². The van der Waals surface area contributed by atoms with Gasteiger partial charge in [-0.15, -0.1) is 11.3 Å². The first-order chi connectivity index (χ1) is 15.6. The monoisotopic (exact) mass is 477 g/mol. The zero-order valence-corrected chi connectivity index (χ0v) is 17.8. The lowest BCUT2D eigenvalue weighted by Crippen LogP contribution is -2.40. The third kappa shape index (κ3) is 4.19. The number of halogens is 4. The molecule has 0 bridgehead atoms. The van der Waals surface area contributed by atoms with Crippen molar-refractivity contribution in [1.29, 1.82) is 0 Å². The quantitative estimate of drug-likeness (QED) is 0.445. The first-order valence-corrected chi connectivity index (χ1v) is 10.4. The van der Waals surface area contributed by atoms with Crippen molar-refractivity contribution in [3.63, 3.8) is 0 Å². The number of fused-ring (bicyclic) bond motifs is 1. The van der Waals surface area contributed by atoms with Crippen LogP contribution in [0.15, 0.2) is 63.5 Å². The van der Waals surface area contributed by atoms with E-state index in [4.69, 9.17) is 0 Å². The first-order valence-electron chi connectivity index (χ1n) is 9.53. The number of para-hydroxylation sites is 1. The Morgan fingerprint density at radius 2 is 1.82 bits per heavy atom. The number of nitrogens with zero attached hydrogens (tertiary/aromatic N) is 2. The van der Waals surface area contributed by atoms with Gasteiger partial charge in [-0.05, 0) is 54.3 Å². The largest absolute Gasteiger partial charge is 0.418 e. The summed E-state index contributed by atoms with van der Waals surface area (Å²) >= 11 is 1.04. The summed E-state index contributed by atoms with van der Waals surface area (Å²) in [5.41, 5.74) is -2.52. The van der Waals surface area contributed by atoms with Crippen LogP contribution in [0, 0.1) is 12.7 Å². The van der Waals surface area contributed by atoms with E-state index in [-0.39, 0.29) is 21.5 Å². The van der Waals surface area contributed by atoms with E-state index in [1.54, 1.807) is 5.38 Å². The van der Waals surface area contributed by atoms with Gasteiger partial charge in [-0.25, -0.2) is 13.8 Å². The molecule has 33 heavy (non-hydrogen) atoms. The van der Waals surface area contributed by atoms with E-state index in [0.29, 0.717) is 0 Å². The average molecular weight is 477 g/mol. The third-order valence-corrected chi connectivity index (χ3v) is 5.85. The number of rotatable bonds is 4. The van der Waals surface area contributed by atoms with Gasteiger partial charge in [0.1, 0.15) is 17.1 Å². The number of alkyl halides is 3. The summed E-state index contributed by atoms with van der Waals surface area (Å²) in [5, 5.41) is 3.74. The minimum atomic E-state index is -4.69. The molecule has 0 saturated heterocycles. The van der Waals surface area contributed by atoms with Gasteiger partial charge in [0, 0.05) is 0 Å². The molecule has 2 aromatic carbocycles. The molecule has 170 valence electrons. The minimum absolute atomic E-state index is 0.107. The maximum absolute atomic E-state index is 13.7. The van der Waals surface area contributed by atoms with Crippen LogP contribution in [0.25, 0.3) is 15.9 Å². The van der Waals surface area contributed by atoms with Crippen LogP contribution in [-0.2, 0) is 17.5 Å². The van der Waals surface area contributed by atoms with E-state index in [1.807, 2.05) is 0 Å². The second-order valence-corrected chi connectivity index (χ2v) is 8.09. The van der Waals surface area contributed by atoms with Crippen molar-refractivity contribution in [2.75, 3.05) is 5.32 Å². The SMILES string of the molecule is Cc1cc(-n2c(=O)c3sccc3n(CC(=O)Nc3ccccc3C(F)(F)F)c2=O)ccc1F. The summed E-state index contributed by atoms with van der Waals surface area (Å²) in [4.78, 5) is 38.8. The number of hydrogen-bond acceptors (Lipinski definition) is 4. The molecule has 4 aromatic rings. The summed E-state index contributed by atoms with van der Waals surface area (Å²) in [7, 11) is 0. The fourth-order valence-corrected chi connectivity index (χ4v) is 4.23. The van der Waals surface area contributed by atoms with Crippen molar-refractivity contribution in [2.24, 2.45) is 0 Å². The highest BCUT2D eigenvalue weighted by atomic mass is 32.1. The van der Waals surface area contributed by atoms with Gasteiger partial charge in [-0.2, -0.15) is 13.2 Å². The van der Waals surface area contributed by atoms with Crippen LogP contribution in [0.3, 0.4) is 0 Å². The zero-order chi connectivity index (χ0) is 23.9. The maximum Gasteiger partial charge on any atom is 0.418 e.